The van der Waals surface area contributed by atoms with Gasteiger partial charge >= 0.3 is 0 Å². The number of benzene rings is 2. The van der Waals surface area contributed by atoms with Crippen molar-refractivity contribution in [1.29, 1.82) is 5.26 Å². The van der Waals surface area contributed by atoms with Crippen LogP contribution in [0, 0.1) is 17.2 Å². The van der Waals surface area contributed by atoms with Crippen LogP contribution in [0.1, 0.15) is 40.4 Å². The molecule has 0 fully saturated rings. The third-order valence-corrected chi connectivity index (χ3v) is 5.74. The first-order valence-corrected chi connectivity index (χ1v) is 10.4. The van der Waals surface area contributed by atoms with Crippen molar-refractivity contribution in [2.45, 2.75) is 26.2 Å². The number of aromatic nitrogens is 1. The van der Waals surface area contributed by atoms with E-state index in [1.54, 1.807) is 24.3 Å². The smallest absolute Gasteiger partial charge is 0.233 e. The fourth-order valence-corrected chi connectivity index (χ4v) is 4.02. The highest BCUT2D eigenvalue weighted by Crippen LogP contribution is 2.37. The normalized spacial score (nSPS) is 15.2. The summed E-state index contributed by atoms with van der Waals surface area (Å²) in [5.41, 5.74) is 4.89. The quantitative estimate of drug-likeness (QED) is 0.503. The van der Waals surface area contributed by atoms with Crippen LogP contribution in [-0.2, 0) is 12.8 Å². The summed E-state index contributed by atoms with van der Waals surface area (Å²) in [5.74, 6) is 0.524. The van der Waals surface area contributed by atoms with Crippen molar-refractivity contribution in [1.82, 2.24) is 4.98 Å². The van der Waals surface area contributed by atoms with Gasteiger partial charge in [-0.15, -0.1) is 0 Å². The lowest BCUT2D eigenvalue weighted by molar-refractivity contribution is 0.0918. The average molecular weight is 417 g/mol. The van der Waals surface area contributed by atoms with E-state index >= 15 is 0 Å². The first kappa shape index (κ1) is 20.1. The number of nitrogens with zero attached hydrogens (tertiary/aromatic N) is 2. The fraction of sp³-hybridized carbons (Fsp3) is 0.240. The van der Waals surface area contributed by atoms with Gasteiger partial charge in [0, 0.05) is 16.1 Å². The molecule has 0 radical (unpaired) electrons. The van der Waals surface area contributed by atoms with Crippen LogP contribution < -0.4 is 4.74 Å². The van der Waals surface area contributed by atoms with E-state index in [1.807, 2.05) is 30.3 Å². The molecule has 5 heteroatoms. The van der Waals surface area contributed by atoms with Gasteiger partial charge in [-0.1, -0.05) is 48.9 Å². The average Bonchev–Trinajstić information content (AvgIpc) is 2.77. The molecule has 1 aliphatic carbocycles. The zero-order valence-electron chi connectivity index (χ0n) is 16.7. The Morgan fingerprint density at radius 3 is 2.60 bits per heavy atom. The Kier molecular flexibility index (Phi) is 5.83. The molecule has 0 N–H and O–H groups in total. The predicted octanol–water partition coefficient (Wildman–Crippen LogP) is 5.66. The van der Waals surface area contributed by atoms with E-state index in [2.05, 4.69) is 13.0 Å². The van der Waals surface area contributed by atoms with E-state index in [-0.39, 0.29) is 18.3 Å². The Morgan fingerprint density at radius 1 is 1.17 bits per heavy atom. The maximum atomic E-state index is 12.5. The van der Waals surface area contributed by atoms with Gasteiger partial charge in [-0.25, -0.2) is 4.98 Å². The van der Waals surface area contributed by atoms with Crippen LogP contribution in [0.4, 0.5) is 0 Å². The molecule has 1 aliphatic rings. The summed E-state index contributed by atoms with van der Waals surface area (Å²) in [6, 6.07) is 18.9. The molecule has 4 rings (SSSR count). The molecule has 3 aromatic rings. The predicted molar refractivity (Wildman–Crippen MR) is 117 cm³/mol. The first-order valence-electron chi connectivity index (χ1n) is 9.99. The van der Waals surface area contributed by atoms with Crippen molar-refractivity contribution in [3.05, 3.63) is 81.9 Å². The van der Waals surface area contributed by atoms with Gasteiger partial charge in [-0.05, 0) is 60.6 Å². The summed E-state index contributed by atoms with van der Waals surface area (Å²) >= 11 is 5.90. The van der Waals surface area contributed by atoms with Crippen molar-refractivity contribution in [3.8, 4) is 23.2 Å². The molecule has 1 heterocycles. The molecule has 0 aliphatic heterocycles. The van der Waals surface area contributed by atoms with E-state index in [0.29, 0.717) is 22.1 Å². The standard InChI is InChI=1S/C25H21ClN2O2/c1-16-7-12-20-21(13-16)22(14-27)25(28-24(20)18-5-3-2-4-6-18)30-15-23(29)17-8-10-19(26)11-9-17/h2-6,8-11,16H,7,12-13,15H2,1H3. The molecule has 0 saturated heterocycles. The minimum atomic E-state index is -0.190. The van der Waals surface area contributed by atoms with E-state index < -0.39 is 0 Å². The zero-order valence-corrected chi connectivity index (χ0v) is 17.4. The highest BCUT2D eigenvalue weighted by Gasteiger charge is 2.26. The lowest BCUT2D eigenvalue weighted by Crippen LogP contribution is -2.18. The van der Waals surface area contributed by atoms with Gasteiger partial charge in [0.05, 0.1) is 5.69 Å². The number of halogens is 1. The molecule has 0 spiro atoms. The summed E-state index contributed by atoms with van der Waals surface area (Å²) in [7, 11) is 0. The number of ketones is 1. The topological polar surface area (TPSA) is 63.0 Å². The van der Waals surface area contributed by atoms with Gasteiger partial charge in [-0.2, -0.15) is 5.26 Å². The van der Waals surface area contributed by atoms with Crippen LogP contribution in [0.2, 0.25) is 5.02 Å². The third kappa shape index (κ3) is 4.08. The van der Waals surface area contributed by atoms with Crippen LogP contribution in [0.15, 0.2) is 54.6 Å². The minimum Gasteiger partial charge on any atom is -0.468 e. The van der Waals surface area contributed by atoms with Crippen molar-refractivity contribution < 1.29 is 9.53 Å². The number of hydrogen-bond acceptors (Lipinski definition) is 4. The number of carbonyl (C=O) groups excluding carboxylic acids is 1. The number of rotatable bonds is 5. The van der Waals surface area contributed by atoms with Gasteiger partial charge in [0.1, 0.15) is 11.6 Å². The summed E-state index contributed by atoms with van der Waals surface area (Å²) in [6.07, 6.45) is 2.75. The van der Waals surface area contributed by atoms with Crippen LogP contribution in [-0.4, -0.2) is 17.4 Å². The molecule has 0 bridgehead atoms. The number of carbonyl (C=O) groups is 1. The minimum absolute atomic E-state index is 0.189. The van der Waals surface area contributed by atoms with Crippen molar-refractivity contribution in [2.24, 2.45) is 5.92 Å². The Hall–Kier alpha value is -3.16. The summed E-state index contributed by atoms with van der Waals surface area (Å²) < 4.78 is 5.82. The maximum absolute atomic E-state index is 12.5. The van der Waals surface area contributed by atoms with Gasteiger partial charge in [0.15, 0.2) is 12.4 Å². The molecule has 0 saturated carbocycles. The van der Waals surface area contributed by atoms with Gasteiger partial charge in [-0.3, -0.25) is 4.79 Å². The monoisotopic (exact) mass is 416 g/mol. The Labute approximate surface area is 181 Å². The molecule has 2 aromatic carbocycles. The molecule has 4 nitrogen and oxygen atoms in total. The Balaban J connectivity index is 1.72. The van der Waals surface area contributed by atoms with Gasteiger partial charge in [0.25, 0.3) is 0 Å². The fourth-order valence-electron chi connectivity index (χ4n) is 3.89. The highest BCUT2D eigenvalue weighted by molar-refractivity contribution is 6.30. The van der Waals surface area contributed by atoms with Crippen LogP contribution in [0.25, 0.3) is 11.3 Å². The number of nitriles is 1. The lowest BCUT2D eigenvalue weighted by Gasteiger charge is -2.25. The Bertz CT molecular complexity index is 1120. The maximum Gasteiger partial charge on any atom is 0.233 e. The Morgan fingerprint density at radius 2 is 1.90 bits per heavy atom. The number of Topliss-reactive ketones (excluding diaryl/α,β-unsaturated/α-hetero) is 1. The molecule has 1 aromatic heterocycles. The van der Waals surface area contributed by atoms with E-state index in [4.69, 9.17) is 21.3 Å². The lowest BCUT2D eigenvalue weighted by atomic mass is 9.81. The molecular weight excluding hydrogens is 396 g/mol. The van der Waals surface area contributed by atoms with Crippen LogP contribution >= 0.6 is 11.6 Å². The molecule has 1 unspecified atom stereocenters. The molecular formula is C25H21ClN2O2. The summed E-state index contributed by atoms with van der Waals surface area (Å²) in [5, 5.41) is 10.4. The van der Waals surface area contributed by atoms with E-state index in [0.717, 1.165) is 41.6 Å². The first-order chi connectivity index (χ1) is 14.6. The van der Waals surface area contributed by atoms with E-state index in [9.17, 15) is 10.1 Å². The van der Waals surface area contributed by atoms with Gasteiger partial charge < -0.3 is 4.74 Å². The van der Waals surface area contributed by atoms with Gasteiger partial charge in [0.2, 0.25) is 5.88 Å². The van der Waals surface area contributed by atoms with Crippen LogP contribution in [0.5, 0.6) is 5.88 Å². The van der Waals surface area contributed by atoms with Crippen molar-refractivity contribution >= 4 is 17.4 Å². The molecule has 150 valence electrons. The number of pyridine rings is 1. The van der Waals surface area contributed by atoms with Crippen molar-refractivity contribution in [2.75, 3.05) is 6.61 Å². The molecule has 30 heavy (non-hydrogen) atoms. The third-order valence-electron chi connectivity index (χ3n) is 5.48. The number of fused-ring (bicyclic) bond motifs is 1. The molecule has 0 amide bonds. The second-order valence-electron chi connectivity index (χ2n) is 7.64. The van der Waals surface area contributed by atoms with E-state index in [1.165, 1.54) is 0 Å². The largest absolute Gasteiger partial charge is 0.468 e. The summed E-state index contributed by atoms with van der Waals surface area (Å²) in [6.45, 7) is 2.00. The van der Waals surface area contributed by atoms with Crippen molar-refractivity contribution in [3.63, 3.8) is 0 Å². The molecule has 1 atom stereocenters. The number of ether oxygens (including phenoxy) is 1. The summed E-state index contributed by atoms with van der Waals surface area (Å²) in [4.78, 5) is 17.3. The van der Waals surface area contributed by atoms with Crippen LogP contribution in [0.3, 0.4) is 0 Å². The second-order valence-corrected chi connectivity index (χ2v) is 8.08. The zero-order chi connectivity index (χ0) is 21.1. The second kappa shape index (κ2) is 8.69. The number of hydrogen-bond donors (Lipinski definition) is 0. The highest BCUT2D eigenvalue weighted by atomic mass is 35.5. The SMILES string of the molecule is CC1CCc2c(-c3ccccc3)nc(OCC(=O)c3ccc(Cl)cc3)c(C#N)c2C1.